The van der Waals surface area contributed by atoms with Gasteiger partial charge in [-0.1, -0.05) is 17.7 Å². The van der Waals surface area contributed by atoms with Crippen molar-refractivity contribution in [1.29, 1.82) is 0 Å². The number of nitrogens with one attached hydrogen (secondary N) is 1. The van der Waals surface area contributed by atoms with E-state index in [1.807, 2.05) is 4.90 Å². The molecule has 1 aliphatic heterocycles. The number of thiocarbonyl (C=S) groups is 1. The predicted octanol–water partition coefficient (Wildman–Crippen LogP) is 1.15. The normalized spacial score (nSPS) is 17.0. The summed E-state index contributed by atoms with van der Waals surface area (Å²) in [6.45, 7) is 1.99. The third-order valence-corrected chi connectivity index (χ3v) is 5.77. The average Bonchev–Trinajstić information content (AvgIpc) is 2.46. The van der Waals surface area contributed by atoms with Crippen LogP contribution < -0.4 is 5.32 Å². The van der Waals surface area contributed by atoms with Crippen LogP contribution in [0, 0.1) is 0 Å². The van der Waals surface area contributed by atoms with Gasteiger partial charge in [-0.05, 0) is 30.4 Å². The highest BCUT2D eigenvalue weighted by Gasteiger charge is 2.29. The fraction of sp³-hybridized carbons (Fsp3) is 0.417. The molecule has 1 aliphatic rings. The molecule has 20 heavy (non-hydrogen) atoms. The Labute approximate surface area is 129 Å². The van der Waals surface area contributed by atoms with Gasteiger partial charge in [0.15, 0.2) is 5.11 Å². The van der Waals surface area contributed by atoms with E-state index in [9.17, 15) is 8.42 Å². The van der Waals surface area contributed by atoms with Crippen LogP contribution in [0.2, 0.25) is 5.02 Å². The van der Waals surface area contributed by atoms with E-state index < -0.39 is 10.0 Å². The first-order valence-corrected chi connectivity index (χ1v) is 8.40. The lowest BCUT2D eigenvalue weighted by molar-refractivity contribution is 0.265. The highest BCUT2D eigenvalue weighted by atomic mass is 35.5. The Morgan fingerprint density at radius 3 is 2.50 bits per heavy atom. The van der Waals surface area contributed by atoms with Crippen molar-refractivity contribution in [3.63, 3.8) is 0 Å². The number of hydrogen-bond acceptors (Lipinski definition) is 3. The lowest BCUT2D eigenvalue weighted by Crippen LogP contribution is -2.52. The van der Waals surface area contributed by atoms with Gasteiger partial charge in [-0.2, -0.15) is 4.31 Å². The maximum absolute atomic E-state index is 12.5. The number of nitrogens with zero attached hydrogens (tertiary/aromatic N) is 2. The fourth-order valence-electron chi connectivity index (χ4n) is 2.07. The molecule has 8 heteroatoms. The van der Waals surface area contributed by atoms with Crippen molar-refractivity contribution >= 4 is 39.0 Å². The van der Waals surface area contributed by atoms with E-state index >= 15 is 0 Å². The molecule has 2 rings (SSSR count). The molecule has 5 nitrogen and oxygen atoms in total. The molecule has 1 aromatic carbocycles. The van der Waals surface area contributed by atoms with Crippen molar-refractivity contribution in [2.45, 2.75) is 4.90 Å². The quantitative estimate of drug-likeness (QED) is 0.823. The van der Waals surface area contributed by atoms with Crippen LogP contribution in [0.1, 0.15) is 0 Å². The predicted molar refractivity (Wildman–Crippen MR) is 83.4 cm³/mol. The van der Waals surface area contributed by atoms with Gasteiger partial charge in [0.2, 0.25) is 10.0 Å². The van der Waals surface area contributed by atoms with E-state index in [0.717, 1.165) is 0 Å². The molecule has 0 aromatic heterocycles. The molecule has 0 amide bonds. The summed E-state index contributed by atoms with van der Waals surface area (Å²) in [6.07, 6.45) is 0. The maximum Gasteiger partial charge on any atom is 0.243 e. The van der Waals surface area contributed by atoms with Gasteiger partial charge < -0.3 is 10.2 Å². The molecular formula is C12H16ClN3O2S2. The van der Waals surface area contributed by atoms with Crippen LogP contribution in [0.15, 0.2) is 29.2 Å². The number of halogens is 1. The summed E-state index contributed by atoms with van der Waals surface area (Å²) in [6, 6.07) is 6.33. The number of rotatable bonds is 2. The van der Waals surface area contributed by atoms with Crippen molar-refractivity contribution in [3.8, 4) is 0 Å². The molecular weight excluding hydrogens is 318 g/mol. The second-order valence-corrected chi connectivity index (χ2v) is 7.16. The van der Waals surface area contributed by atoms with E-state index in [4.69, 9.17) is 23.8 Å². The minimum absolute atomic E-state index is 0.231. The second-order valence-electron chi connectivity index (χ2n) is 4.40. The largest absolute Gasteiger partial charge is 0.366 e. The van der Waals surface area contributed by atoms with Crippen LogP contribution in [0.25, 0.3) is 0 Å². The Hall–Kier alpha value is -0.890. The summed E-state index contributed by atoms with van der Waals surface area (Å²) in [4.78, 5) is 2.19. The van der Waals surface area contributed by atoms with Crippen LogP contribution in [0.4, 0.5) is 0 Å². The van der Waals surface area contributed by atoms with Crippen molar-refractivity contribution < 1.29 is 8.42 Å². The topological polar surface area (TPSA) is 52.6 Å². The third kappa shape index (κ3) is 3.22. The zero-order valence-corrected chi connectivity index (χ0v) is 13.4. The summed E-state index contributed by atoms with van der Waals surface area (Å²) in [5.41, 5.74) is 0. The standard InChI is InChI=1S/C12H16ClN3O2S2/c1-14-12(19)15-5-7-16(8-6-15)20(17,18)11-4-2-3-10(13)9-11/h2-4,9H,5-8H2,1H3,(H,14,19). The van der Waals surface area contributed by atoms with Crippen LogP contribution in [-0.4, -0.2) is 56.0 Å². The van der Waals surface area contributed by atoms with E-state index in [1.165, 1.54) is 10.4 Å². The minimum atomic E-state index is -3.48. The van der Waals surface area contributed by atoms with Gasteiger partial charge in [-0.15, -0.1) is 0 Å². The van der Waals surface area contributed by atoms with Gasteiger partial charge in [0.1, 0.15) is 0 Å². The molecule has 1 aromatic rings. The molecule has 1 N–H and O–H groups in total. The van der Waals surface area contributed by atoms with E-state index in [1.54, 1.807) is 25.2 Å². The van der Waals surface area contributed by atoms with Crippen molar-refractivity contribution in [1.82, 2.24) is 14.5 Å². The average molecular weight is 334 g/mol. The second kappa shape index (κ2) is 6.26. The van der Waals surface area contributed by atoms with Gasteiger partial charge in [-0.3, -0.25) is 0 Å². The zero-order chi connectivity index (χ0) is 14.8. The molecule has 0 radical (unpaired) electrons. The van der Waals surface area contributed by atoms with Gasteiger partial charge in [0.05, 0.1) is 4.90 Å². The molecule has 0 unspecified atom stereocenters. The van der Waals surface area contributed by atoms with Gasteiger partial charge in [0.25, 0.3) is 0 Å². The summed E-state index contributed by atoms with van der Waals surface area (Å²) in [5.74, 6) is 0. The van der Waals surface area contributed by atoms with E-state index in [2.05, 4.69) is 5.32 Å². The highest BCUT2D eigenvalue weighted by Crippen LogP contribution is 2.20. The Kier molecular flexibility index (Phi) is 4.85. The number of sulfonamides is 1. The van der Waals surface area contributed by atoms with Crippen molar-refractivity contribution in [2.75, 3.05) is 33.2 Å². The highest BCUT2D eigenvalue weighted by molar-refractivity contribution is 7.89. The molecule has 1 saturated heterocycles. The van der Waals surface area contributed by atoms with Crippen molar-refractivity contribution in [3.05, 3.63) is 29.3 Å². The zero-order valence-electron chi connectivity index (χ0n) is 11.0. The van der Waals surface area contributed by atoms with E-state index in [0.29, 0.717) is 36.3 Å². The number of hydrogen-bond donors (Lipinski definition) is 1. The molecule has 0 saturated carbocycles. The molecule has 1 heterocycles. The summed E-state index contributed by atoms with van der Waals surface area (Å²) < 4.78 is 26.4. The molecule has 0 bridgehead atoms. The molecule has 0 spiro atoms. The molecule has 110 valence electrons. The van der Waals surface area contributed by atoms with Gasteiger partial charge in [0, 0.05) is 38.2 Å². The molecule has 0 aliphatic carbocycles. The SMILES string of the molecule is CNC(=S)N1CCN(S(=O)(=O)c2cccc(Cl)c2)CC1. The Balaban J connectivity index is 2.11. The first-order valence-electron chi connectivity index (χ1n) is 6.17. The minimum Gasteiger partial charge on any atom is -0.366 e. The number of piperazine rings is 1. The summed E-state index contributed by atoms with van der Waals surface area (Å²) in [5, 5.41) is 3.96. The summed E-state index contributed by atoms with van der Waals surface area (Å²) in [7, 11) is -1.72. The van der Waals surface area contributed by atoms with Crippen LogP contribution >= 0.6 is 23.8 Å². The monoisotopic (exact) mass is 333 g/mol. The Morgan fingerprint density at radius 2 is 1.95 bits per heavy atom. The maximum atomic E-state index is 12.5. The lowest BCUT2D eigenvalue weighted by atomic mass is 10.4. The van der Waals surface area contributed by atoms with E-state index in [-0.39, 0.29) is 4.90 Å². The third-order valence-electron chi connectivity index (χ3n) is 3.17. The first-order chi connectivity index (χ1) is 9.45. The fourth-order valence-corrected chi connectivity index (χ4v) is 3.97. The molecule has 0 atom stereocenters. The van der Waals surface area contributed by atoms with Crippen LogP contribution in [0.3, 0.4) is 0 Å². The van der Waals surface area contributed by atoms with Gasteiger partial charge in [-0.25, -0.2) is 8.42 Å². The number of benzene rings is 1. The smallest absolute Gasteiger partial charge is 0.243 e. The molecule has 1 fully saturated rings. The Morgan fingerprint density at radius 1 is 1.30 bits per heavy atom. The lowest BCUT2D eigenvalue weighted by Gasteiger charge is -2.35. The van der Waals surface area contributed by atoms with Gasteiger partial charge >= 0.3 is 0 Å². The van der Waals surface area contributed by atoms with Crippen LogP contribution in [-0.2, 0) is 10.0 Å². The summed E-state index contributed by atoms with van der Waals surface area (Å²) >= 11 is 11.0. The Bertz CT molecular complexity index is 598. The first kappa shape index (κ1) is 15.5. The van der Waals surface area contributed by atoms with Crippen LogP contribution in [0.5, 0.6) is 0 Å². The van der Waals surface area contributed by atoms with Crippen molar-refractivity contribution in [2.24, 2.45) is 0 Å².